The van der Waals surface area contributed by atoms with E-state index < -0.39 is 0 Å². The first-order valence-electron chi connectivity index (χ1n) is 9.23. The number of aromatic nitrogens is 5. The van der Waals surface area contributed by atoms with Crippen molar-refractivity contribution < 1.29 is 4.74 Å². The van der Waals surface area contributed by atoms with E-state index in [0.29, 0.717) is 23.9 Å². The molecular formula is C18H24N6O. The van der Waals surface area contributed by atoms with E-state index in [9.17, 15) is 0 Å². The predicted molar refractivity (Wildman–Crippen MR) is 94.6 cm³/mol. The fraction of sp³-hybridized carbons (Fsp3) is 0.611. The van der Waals surface area contributed by atoms with Gasteiger partial charge in [-0.05, 0) is 31.9 Å². The van der Waals surface area contributed by atoms with Crippen molar-refractivity contribution in [1.29, 1.82) is 0 Å². The van der Waals surface area contributed by atoms with Gasteiger partial charge in [0, 0.05) is 18.2 Å². The number of nitrogens with zero attached hydrogens (tertiary/aromatic N) is 5. The van der Waals surface area contributed by atoms with Crippen LogP contribution in [-0.4, -0.2) is 61.8 Å². The second-order valence-corrected chi connectivity index (χ2v) is 7.48. The largest absolute Gasteiger partial charge is 0.378 e. The van der Waals surface area contributed by atoms with Crippen LogP contribution in [0, 0.1) is 5.92 Å². The summed E-state index contributed by atoms with van der Waals surface area (Å²) < 4.78 is 7.58. The van der Waals surface area contributed by atoms with Crippen molar-refractivity contribution in [3.63, 3.8) is 0 Å². The van der Waals surface area contributed by atoms with Gasteiger partial charge in [0.25, 0.3) is 0 Å². The molecule has 1 saturated heterocycles. The van der Waals surface area contributed by atoms with Crippen LogP contribution in [0.15, 0.2) is 18.5 Å². The van der Waals surface area contributed by atoms with Crippen LogP contribution in [0.5, 0.6) is 0 Å². The molecule has 5 rings (SSSR count). The van der Waals surface area contributed by atoms with Gasteiger partial charge in [-0.3, -0.25) is 9.30 Å². The quantitative estimate of drug-likeness (QED) is 0.788. The molecule has 0 spiro atoms. The lowest BCUT2D eigenvalue weighted by atomic mass is 9.93. The number of H-pyrrole nitrogens is 1. The fourth-order valence-corrected chi connectivity index (χ4v) is 4.59. The molecule has 25 heavy (non-hydrogen) atoms. The minimum absolute atomic E-state index is 0.439. The molecule has 7 heteroatoms. The molecule has 2 fully saturated rings. The summed E-state index contributed by atoms with van der Waals surface area (Å²) in [7, 11) is 2.25. The standard InChI is InChI=1S/C18H24N6O/c1-3-11-6-12(23(2)13-9-25-10-13)7-14(11)18-22-21-16-8-20-17-15(24(16)18)4-5-19-17/h4-5,8,11-14,19H,3,6-7,9-10H2,1-2H3/t11-,12+,14?/m1/s1. The van der Waals surface area contributed by atoms with Crippen molar-refractivity contribution in [3.8, 4) is 0 Å². The number of rotatable bonds is 4. The lowest BCUT2D eigenvalue weighted by Crippen LogP contribution is -2.50. The molecule has 1 aliphatic heterocycles. The Bertz CT molecular complexity index is 897. The normalized spacial score (nSPS) is 27.6. The Morgan fingerprint density at radius 2 is 2.16 bits per heavy atom. The lowest BCUT2D eigenvalue weighted by Gasteiger charge is -2.38. The Balaban J connectivity index is 1.53. The maximum Gasteiger partial charge on any atom is 0.179 e. The van der Waals surface area contributed by atoms with Crippen molar-refractivity contribution in [1.82, 2.24) is 29.5 Å². The molecule has 0 amide bonds. The molecule has 3 aromatic rings. The molecule has 3 atom stereocenters. The molecule has 0 radical (unpaired) electrons. The number of ether oxygens (including phenoxy) is 1. The average Bonchev–Trinajstić information content (AvgIpc) is 3.28. The van der Waals surface area contributed by atoms with Crippen LogP contribution in [0.25, 0.3) is 16.8 Å². The molecule has 3 aromatic heterocycles. The Kier molecular flexibility index (Phi) is 3.53. The Labute approximate surface area is 146 Å². The summed E-state index contributed by atoms with van der Waals surface area (Å²) in [6, 6.07) is 3.24. The first kappa shape index (κ1) is 15.3. The van der Waals surface area contributed by atoms with Gasteiger partial charge in [0.2, 0.25) is 0 Å². The van der Waals surface area contributed by atoms with Gasteiger partial charge in [0.1, 0.15) is 5.82 Å². The van der Waals surface area contributed by atoms with Gasteiger partial charge >= 0.3 is 0 Å². The first-order valence-corrected chi connectivity index (χ1v) is 9.23. The minimum atomic E-state index is 0.439. The summed E-state index contributed by atoms with van der Waals surface area (Å²) in [6.45, 7) is 4.04. The van der Waals surface area contributed by atoms with E-state index in [1.54, 1.807) is 6.20 Å². The number of hydrogen-bond acceptors (Lipinski definition) is 5. The number of hydrogen-bond donors (Lipinski definition) is 1. The molecule has 1 saturated carbocycles. The maximum absolute atomic E-state index is 5.39. The van der Waals surface area contributed by atoms with Crippen LogP contribution in [-0.2, 0) is 4.74 Å². The molecule has 132 valence electrons. The van der Waals surface area contributed by atoms with Crippen LogP contribution >= 0.6 is 0 Å². The number of fused-ring (bicyclic) bond motifs is 3. The van der Waals surface area contributed by atoms with Crippen molar-refractivity contribution in [3.05, 3.63) is 24.3 Å². The maximum atomic E-state index is 5.39. The Hall–Kier alpha value is -1.99. The molecule has 1 N–H and O–H groups in total. The van der Waals surface area contributed by atoms with Gasteiger partial charge in [-0.2, -0.15) is 0 Å². The van der Waals surface area contributed by atoms with Crippen LogP contribution in [0.2, 0.25) is 0 Å². The second-order valence-electron chi connectivity index (χ2n) is 7.48. The number of nitrogens with one attached hydrogen (secondary N) is 1. The van der Waals surface area contributed by atoms with Gasteiger partial charge in [-0.1, -0.05) is 13.3 Å². The topological polar surface area (TPSA) is 71.3 Å². The monoisotopic (exact) mass is 340 g/mol. The third-order valence-electron chi connectivity index (χ3n) is 6.27. The molecule has 1 unspecified atom stereocenters. The SMILES string of the molecule is CC[C@@H]1C[C@H](N(C)C2COC2)CC1c1nnc2cnc3[nH]ccc3n12. The van der Waals surface area contributed by atoms with Crippen molar-refractivity contribution in [2.24, 2.45) is 5.92 Å². The summed E-state index contributed by atoms with van der Waals surface area (Å²) in [5.41, 5.74) is 2.79. The van der Waals surface area contributed by atoms with Gasteiger partial charge < -0.3 is 9.72 Å². The molecule has 4 heterocycles. The lowest BCUT2D eigenvalue weighted by molar-refractivity contribution is -0.0690. The van der Waals surface area contributed by atoms with Crippen molar-refractivity contribution >= 4 is 16.8 Å². The molecule has 7 nitrogen and oxygen atoms in total. The molecule has 0 bridgehead atoms. The van der Waals surface area contributed by atoms with E-state index in [2.05, 4.69) is 49.5 Å². The predicted octanol–water partition coefficient (Wildman–Crippen LogP) is 2.21. The Morgan fingerprint density at radius 3 is 2.92 bits per heavy atom. The Morgan fingerprint density at radius 1 is 1.28 bits per heavy atom. The highest BCUT2D eigenvalue weighted by molar-refractivity contribution is 5.74. The number of aromatic amines is 1. The average molecular weight is 340 g/mol. The first-order chi connectivity index (χ1) is 12.3. The van der Waals surface area contributed by atoms with E-state index in [1.165, 1.54) is 12.8 Å². The fourth-order valence-electron chi connectivity index (χ4n) is 4.59. The number of likely N-dealkylation sites (N-methyl/N-ethyl adjacent to an activating group) is 1. The third kappa shape index (κ3) is 2.29. The molecule has 1 aliphatic carbocycles. The zero-order chi connectivity index (χ0) is 17.0. The van der Waals surface area contributed by atoms with E-state index in [-0.39, 0.29) is 0 Å². The van der Waals surface area contributed by atoms with Crippen molar-refractivity contribution in [2.45, 2.75) is 44.2 Å². The summed E-state index contributed by atoms with van der Waals surface area (Å²) in [5, 5.41) is 8.99. The van der Waals surface area contributed by atoms with Gasteiger partial charge in [0.15, 0.2) is 11.3 Å². The molecule has 2 aliphatic rings. The molecule has 0 aromatic carbocycles. The van der Waals surface area contributed by atoms with Gasteiger partial charge in [-0.15, -0.1) is 10.2 Å². The summed E-state index contributed by atoms with van der Waals surface area (Å²) in [4.78, 5) is 10.2. The van der Waals surface area contributed by atoms with E-state index in [1.807, 2.05) is 6.20 Å². The van der Waals surface area contributed by atoms with E-state index in [0.717, 1.165) is 42.3 Å². The van der Waals surface area contributed by atoms with Crippen LogP contribution in [0.3, 0.4) is 0 Å². The molecular weight excluding hydrogens is 316 g/mol. The third-order valence-corrected chi connectivity index (χ3v) is 6.27. The highest BCUT2D eigenvalue weighted by Gasteiger charge is 2.41. The van der Waals surface area contributed by atoms with E-state index in [4.69, 9.17) is 4.74 Å². The van der Waals surface area contributed by atoms with E-state index >= 15 is 0 Å². The van der Waals surface area contributed by atoms with Gasteiger partial charge in [-0.25, -0.2) is 4.98 Å². The van der Waals surface area contributed by atoms with Crippen LogP contribution < -0.4 is 0 Å². The summed E-state index contributed by atoms with van der Waals surface area (Å²) in [6.07, 6.45) is 7.28. The highest BCUT2D eigenvalue weighted by atomic mass is 16.5. The zero-order valence-electron chi connectivity index (χ0n) is 14.7. The smallest absolute Gasteiger partial charge is 0.179 e. The zero-order valence-corrected chi connectivity index (χ0v) is 14.7. The summed E-state index contributed by atoms with van der Waals surface area (Å²) >= 11 is 0. The summed E-state index contributed by atoms with van der Waals surface area (Å²) in [5.74, 6) is 2.17. The minimum Gasteiger partial charge on any atom is -0.378 e. The van der Waals surface area contributed by atoms with Crippen molar-refractivity contribution in [2.75, 3.05) is 20.3 Å². The second kappa shape index (κ2) is 5.78. The van der Waals surface area contributed by atoms with Gasteiger partial charge in [0.05, 0.1) is 31.0 Å². The van der Waals surface area contributed by atoms with Crippen LogP contribution in [0.1, 0.15) is 37.9 Å². The highest BCUT2D eigenvalue weighted by Crippen LogP contribution is 2.43. The van der Waals surface area contributed by atoms with Crippen LogP contribution in [0.4, 0.5) is 0 Å².